The highest BCUT2D eigenvalue weighted by Gasteiger charge is 2.33. The van der Waals surface area contributed by atoms with Crippen LogP contribution in [-0.4, -0.2) is 19.9 Å². The van der Waals surface area contributed by atoms with Crippen LogP contribution in [0.2, 0.25) is 0 Å². The normalized spacial score (nSPS) is 11.0. The zero-order valence-corrected chi connectivity index (χ0v) is 78.4. The van der Waals surface area contributed by atoms with Gasteiger partial charge in [-0.25, -0.2) is 55.1 Å². The molecular weight excluding hydrogens is 1730 g/mol. The smallest absolute Gasteiger partial charge is 0.234 e. The molecule has 0 saturated carbocycles. The molecule has 4 aromatic heterocycles. The summed E-state index contributed by atoms with van der Waals surface area (Å²) in [5.41, 5.74) is 34.2. The minimum atomic E-state index is -0.306. The predicted molar refractivity (Wildman–Crippen MR) is 538 cm³/mol. The number of nitrogens with zero attached hydrogens (tertiary/aromatic N) is 8. The van der Waals surface area contributed by atoms with Crippen LogP contribution in [0.3, 0.4) is 0 Å². The van der Waals surface area contributed by atoms with Gasteiger partial charge in [0, 0.05) is 72.2 Å². The highest BCUT2D eigenvalue weighted by molar-refractivity contribution is 5.90. The van der Waals surface area contributed by atoms with E-state index in [9.17, 15) is 35.1 Å². The van der Waals surface area contributed by atoms with Crippen LogP contribution in [0.5, 0.6) is 0 Å². The number of aryl methyl sites for hydroxylation is 4. The lowest BCUT2D eigenvalue weighted by Gasteiger charge is -2.16. The quantitative estimate of drug-likeness (QED) is 0.0758. The molecule has 0 unspecified atom stereocenters. The minimum absolute atomic E-state index is 0.278. The summed E-state index contributed by atoms with van der Waals surface area (Å²) in [6, 6.07) is 115. The standard InChI is InChI=1S/3C31H25F2N2.C29H23F2N2/c1-20-19-25(33)17-18-26(20)31-30(23-13-15-24(32)16-14-23)34-29(21(2)35(31)3)28-12-8-7-11-27(28)22-9-5-4-6-10-22;1-20-18-27(33)16-17-28(20)31-30(23-12-14-26(32)15-13-23)34-29(21(2)35(31)3)25-11-7-10-24(19-25)22-8-5-4-6-9-22;1-20-19-27(33)17-18-28(20)31-30(25-13-15-26(32)16-14-25)34-29(21(2)35(31)3)24-11-9-23(10-12-24)22-7-5-4-6-8-22;1-18-16-25(31)14-15-26(18)29-28(21-10-12-24(30)13-11-21)32-27(19(2)33(29)3)23-9-8-20-6-4-5-7-22(20)17-23/h3*4-19H,1-3H3;4-17H,1-3H3/q4*+1. The molecule has 16 heteroatoms. The molecule has 0 amide bonds. The van der Waals surface area contributed by atoms with E-state index in [0.717, 1.165) is 207 Å². The van der Waals surface area contributed by atoms with Gasteiger partial charge in [0.1, 0.15) is 120 Å². The lowest BCUT2D eigenvalue weighted by molar-refractivity contribution is -0.666. The van der Waals surface area contributed by atoms with E-state index in [1.165, 1.54) is 102 Å². The Bertz CT molecular complexity index is 7940. The molecule has 138 heavy (non-hydrogen) atoms. The van der Waals surface area contributed by atoms with Gasteiger partial charge in [0.05, 0.1) is 22.3 Å². The molecule has 0 N–H and O–H groups in total. The van der Waals surface area contributed by atoms with Crippen molar-refractivity contribution in [1.82, 2.24) is 19.9 Å². The molecule has 0 radical (unpaired) electrons. The molecule has 20 aromatic rings. The van der Waals surface area contributed by atoms with E-state index in [1.54, 1.807) is 72.8 Å². The fraction of sp³-hybridized carbons (Fsp3) is 0.0984. The second kappa shape index (κ2) is 40.8. The van der Waals surface area contributed by atoms with Gasteiger partial charge in [-0.2, -0.15) is 18.3 Å². The number of fused-ring (bicyclic) bond motifs is 1. The Balaban J connectivity index is 0.000000127. The van der Waals surface area contributed by atoms with Gasteiger partial charge in [-0.05, 0) is 276 Å². The van der Waals surface area contributed by atoms with Crippen LogP contribution < -0.4 is 18.3 Å². The Kier molecular flexibility index (Phi) is 27.6. The van der Waals surface area contributed by atoms with E-state index in [4.69, 9.17) is 19.9 Å². The first kappa shape index (κ1) is 93.4. The summed E-state index contributed by atoms with van der Waals surface area (Å²) in [6.45, 7) is 15.7. The van der Waals surface area contributed by atoms with Crippen molar-refractivity contribution >= 4 is 10.8 Å². The SMILES string of the molecule is Cc1cc(F)ccc1-c1c(-c2ccc(F)cc2)nc(-c2ccc(-c3ccccc3)cc2)c(C)[n+]1C.Cc1cc(F)ccc1-c1c(-c2ccc(F)cc2)nc(-c2ccc3ccccc3c2)c(C)[n+]1C.Cc1cc(F)ccc1-c1c(-c2ccc(F)cc2)nc(-c2cccc(-c3ccccc3)c2)c(C)[n+]1C.Cc1cc(F)ccc1-c1c(-c2ccc(F)cc2)nc(-c2ccccc2-c2ccccc2)c(C)[n+]1C. The van der Waals surface area contributed by atoms with E-state index in [1.807, 2.05) is 169 Å². The van der Waals surface area contributed by atoms with Crippen LogP contribution in [0.4, 0.5) is 35.1 Å². The zero-order valence-electron chi connectivity index (χ0n) is 78.4. The van der Waals surface area contributed by atoms with Gasteiger partial charge in [-0.1, -0.05) is 194 Å². The lowest BCUT2D eigenvalue weighted by Crippen LogP contribution is -2.37. The monoisotopic (exact) mass is 1830 g/mol. The van der Waals surface area contributed by atoms with Gasteiger partial charge in [-0.15, -0.1) is 0 Å². The van der Waals surface area contributed by atoms with Crippen molar-refractivity contribution in [3.63, 3.8) is 0 Å². The Hall–Kier alpha value is -16.5. The number of hydrogen-bond donors (Lipinski definition) is 0. The van der Waals surface area contributed by atoms with Crippen LogP contribution in [0.1, 0.15) is 45.0 Å². The second-order valence-corrected chi connectivity index (χ2v) is 34.4. The first-order valence-corrected chi connectivity index (χ1v) is 45.4. The van der Waals surface area contributed by atoms with E-state index in [2.05, 4.69) is 140 Å². The fourth-order valence-electron chi connectivity index (χ4n) is 17.9. The third-order valence-corrected chi connectivity index (χ3v) is 25.6. The van der Waals surface area contributed by atoms with E-state index < -0.39 is 0 Å². The van der Waals surface area contributed by atoms with Crippen LogP contribution >= 0.6 is 0 Å². The molecule has 0 aliphatic rings. The van der Waals surface area contributed by atoms with Crippen molar-refractivity contribution < 1.29 is 53.4 Å². The first-order valence-electron chi connectivity index (χ1n) is 45.4. The molecule has 8 nitrogen and oxygen atoms in total. The largest absolute Gasteiger partial charge is 0.239 e. The first-order chi connectivity index (χ1) is 66.7. The highest BCUT2D eigenvalue weighted by atomic mass is 19.2. The summed E-state index contributed by atoms with van der Waals surface area (Å²) in [5.74, 6) is -2.34. The van der Waals surface area contributed by atoms with Gasteiger partial charge >= 0.3 is 0 Å². The van der Waals surface area contributed by atoms with Crippen LogP contribution in [-0.2, 0) is 28.2 Å². The maximum atomic E-state index is 13.9. The van der Waals surface area contributed by atoms with Gasteiger partial charge in [-0.3, -0.25) is 0 Å². The third-order valence-electron chi connectivity index (χ3n) is 25.6. The molecule has 20 rings (SSSR count). The predicted octanol–water partition coefficient (Wildman–Crippen LogP) is 29.4. The number of halogens is 8. The average molecular weight is 1830 g/mol. The summed E-state index contributed by atoms with van der Waals surface area (Å²) in [4.78, 5) is 20.6. The van der Waals surface area contributed by atoms with Gasteiger partial charge in [0.15, 0.2) is 0 Å². The summed E-state index contributed by atoms with van der Waals surface area (Å²) >= 11 is 0. The number of aromatic nitrogens is 8. The van der Waals surface area contributed by atoms with Gasteiger partial charge < -0.3 is 0 Å². The summed E-state index contributed by atoms with van der Waals surface area (Å²) in [5, 5.41) is 2.31. The van der Waals surface area contributed by atoms with E-state index in [0.29, 0.717) is 11.4 Å². The van der Waals surface area contributed by atoms with Crippen molar-refractivity contribution in [2.45, 2.75) is 55.4 Å². The van der Waals surface area contributed by atoms with Crippen LogP contribution in [0.15, 0.2) is 376 Å². The Labute approximate surface area is 798 Å². The van der Waals surface area contributed by atoms with E-state index in [-0.39, 0.29) is 46.5 Å². The van der Waals surface area contributed by atoms with Gasteiger partial charge in [0.25, 0.3) is 0 Å². The summed E-state index contributed by atoms with van der Waals surface area (Å²) in [6.07, 6.45) is 0. The molecule has 0 spiro atoms. The number of benzene rings is 16. The maximum Gasteiger partial charge on any atom is 0.239 e. The molecule has 0 atom stereocenters. The Morgan fingerprint density at radius 3 is 0.761 bits per heavy atom. The topological polar surface area (TPSA) is 67.1 Å². The van der Waals surface area contributed by atoms with Crippen molar-refractivity contribution in [3.05, 3.63) is 468 Å². The highest BCUT2D eigenvalue weighted by Crippen LogP contribution is 2.42. The number of hydrogen-bond acceptors (Lipinski definition) is 4. The Morgan fingerprint density at radius 1 is 0.159 bits per heavy atom. The lowest BCUT2D eigenvalue weighted by atomic mass is 9.94. The molecule has 0 fully saturated rings. The molecule has 0 bridgehead atoms. The minimum Gasteiger partial charge on any atom is -0.234 e. The van der Waals surface area contributed by atoms with E-state index >= 15 is 0 Å². The van der Waals surface area contributed by atoms with Crippen molar-refractivity contribution in [1.29, 1.82) is 0 Å². The van der Waals surface area contributed by atoms with Crippen molar-refractivity contribution in [2.24, 2.45) is 28.2 Å². The maximum absolute atomic E-state index is 13.9. The molecule has 0 aliphatic heterocycles. The fourth-order valence-corrected chi connectivity index (χ4v) is 17.9. The van der Waals surface area contributed by atoms with Crippen LogP contribution in [0.25, 0.3) is 179 Å². The summed E-state index contributed by atoms with van der Waals surface area (Å²) < 4.78 is 119. The molecule has 0 aliphatic carbocycles. The van der Waals surface area contributed by atoms with Crippen molar-refractivity contribution in [3.8, 4) is 168 Å². The summed E-state index contributed by atoms with van der Waals surface area (Å²) in [7, 11) is 7.97. The third kappa shape index (κ3) is 19.9. The Morgan fingerprint density at radius 2 is 0.399 bits per heavy atom. The zero-order chi connectivity index (χ0) is 96.7. The molecule has 4 heterocycles. The molecule has 16 aromatic carbocycles. The van der Waals surface area contributed by atoms with Crippen LogP contribution in [0, 0.1) is 102 Å². The molecule has 678 valence electrons. The number of rotatable bonds is 15. The van der Waals surface area contributed by atoms with Crippen molar-refractivity contribution in [2.75, 3.05) is 0 Å². The average Bonchev–Trinajstić information content (AvgIpc) is 0.742. The molecular formula is C122H98F8N8+4. The van der Waals surface area contributed by atoms with Gasteiger partial charge in [0.2, 0.25) is 45.6 Å². The second-order valence-electron chi connectivity index (χ2n) is 34.4. The molecule has 0 saturated heterocycles.